The van der Waals surface area contributed by atoms with Crippen LogP contribution in [0.1, 0.15) is 45.4 Å². The number of carbonyl (C=O) groups excluding carboxylic acids is 1. The Kier molecular flexibility index (Phi) is 11.2. The maximum atomic E-state index is 11.2. The highest BCUT2D eigenvalue weighted by molar-refractivity contribution is 5.73. The molecule has 4 heteroatoms. The minimum atomic E-state index is -0.0131. The van der Waals surface area contributed by atoms with E-state index in [9.17, 15) is 4.79 Å². The Hall–Kier alpha value is -0.770. The van der Waals surface area contributed by atoms with Gasteiger partial charge in [-0.25, -0.2) is 4.79 Å². The quantitative estimate of drug-likeness (QED) is 0.600. The van der Waals surface area contributed by atoms with Crippen molar-refractivity contribution in [1.82, 2.24) is 10.2 Å². The largest absolute Gasteiger partial charge is 0.381 e. The predicted molar refractivity (Wildman–Crippen MR) is 71.3 cm³/mol. The Morgan fingerprint density at radius 3 is 2.35 bits per heavy atom. The Balaban J connectivity index is 3.15. The number of urea groups is 1. The summed E-state index contributed by atoms with van der Waals surface area (Å²) in [6.07, 6.45) is 6.94. The molecule has 0 heterocycles. The van der Waals surface area contributed by atoms with E-state index < -0.39 is 0 Å². The van der Waals surface area contributed by atoms with Crippen LogP contribution in [0.15, 0.2) is 0 Å². The van der Waals surface area contributed by atoms with Crippen molar-refractivity contribution < 1.29 is 9.53 Å². The lowest BCUT2D eigenvalue weighted by Crippen LogP contribution is -2.35. The number of unbranched alkanes of at least 4 members (excludes halogenated alkanes) is 4. The third-order valence-electron chi connectivity index (χ3n) is 2.73. The fourth-order valence-electron chi connectivity index (χ4n) is 1.58. The van der Waals surface area contributed by atoms with Gasteiger partial charge in [0.1, 0.15) is 0 Å². The summed E-state index contributed by atoms with van der Waals surface area (Å²) in [5, 5.41) is 2.61. The van der Waals surface area contributed by atoms with Gasteiger partial charge in [0.2, 0.25) is 0 Å². The first kappa shape index (κ1) is 16.2. The van der Waals surface area contributed by atoms with E-state index in [1.54, 1.807) is 11.9 Å². The number of hydrogen-bond acceptors (Lipinski definition) is 2. The lowest BCUT2D eigenvalue weighted by atomic mass is 10.2. The van der Waals surface area contributed by atoms with E-state index in [0.717, 1.165) is 39.0 Å². The van der Waals surface area contributed by atoms with Crippen molar-refractivity contribution in [3.05, 3.63) is 0 Å². The Bertz CT molecular complexity index is 186. The fraction of sp³-hybridized carbons (Fsp3) is 0.923. The summed E-state index contributed by atoms with van der Waals surface area (Å²) in [6.45, 7) is 4.76. The first-order valence-corrected chi connectivity index (χ1v) is 6.73. The Morgan fingerprint density at radius 1 is 1.12 bits per heavy atom. The van der Waals surface area contributed by atoms with Gasteiger partial charge in [0.05, 0.1) is 0 Å². The van der Waals surface area contributed by atoms with Crippen molar-refractivity contribution in [3.63, 3.8) is 0 Å². The van der Waals surface area contributed by atoms with Gasteiger partial charge in [-0.15, -0.1) is 0 Å². The zero-order valence-electron chi connectivity index (χ0n) is 11.6. The molecular formula is C13H28N2O2. The van der Waals surface area contributed by atoms with Crippen LogP contribution in [0.4, 0.5) is 4.79 Å². The molecule has 2 amide bonds. The van der Waals surface area contributed by atoms with Crippen molar-refractivity contribution in [2.75, 3.05) is 33.9 Å². The van der Waals surface area contributed by atoms with Gasteiger partial charge < -0.3 is 15.0 Å². The highest BCUT2D eigenvalue weighted by Crippen LogP contribution is 2.00. The molecule has 17 heavy (non-hydrogen) atoms. The van der Waals surface area contributed by atoms with Crippen LogP contribution < -0.4 is 5.32 Å². The number of amides is 2. The van der Waals surface area contributed by atoms with Gasteiger partial charge in [-0.1, -0.05) is 19.8 Å². The van der Waals surface area contributed by atoms with E-state index in [1.165, 1.54) is 19.3 Å². The Morgan fingerprint density at radius 2 is 1.76 bits per heavy atom. The molecule has 0 aromatic rings. The van der Waals surface area contributed by atoms with Crippen LogP contribution in [0.2, 0.25) is 0 Å². The molecule has 0 aliphatic heterocycles. The average Bonchev–Trinajstić information content (AvgIpc) is 2.35. The molecule has 0 spiro atoms. The van der Waals surface area contributed by atoms with E-state index in [2.05, 4.69) is 12.2 Å². The van der Waals surface area contributed by atoms with Gasteiger partial charge in [0.25, 0.3) is 0 Å². The van der Waals surface area contributed by atoms with E-state index in [0.29, 0.717) is 0 Å². The number of nitrogens with zero attached hydrogens (tertiary/aromatic N) is 1. The third kappa shape index (κ3) is 10.1. The highest BCUT2D eigenvalue weighted by Gasteiger charge is 2.03. The van der Waals surface area contributed by atoms with Gasteiger partial charge in [-0.05, 0) is 25.7 Å². The minimum Gasteiger partial charge on any atom is -0.381 e. The smallest absolute Gasteiger partial charge is 0.316 e. The maximum Gasteiger partial charge on any atom is 0.316 e. The minimum absolute atomic E-state index is 0.0131. The molecule has 0 unspecified atom stereocenters. The lowest BCUT2D eigenvalue weighted by molar-refractivity contribution is 0.125. The monoisotopic (exact) mass is 244 g/mol. The zero-order chi connectivity index (χ0) is 12.9. The molecule has 0 saturated heterocycles. The molecule has 0 bridgehead atoms. The summed E-state index contributed by atoms with van der Waals surface area (Å²) in [7, 11) is 3.48. The SMILES string of the molecule is CCCCCOCCCCCN(C)C(=O)NC. The molecule has 0 aliphatic carbocycles. The molecule has 0 fully saturated rings. The van der Waals surface area contributed by atoms with Crippen LogP contribution in [-0.2, 0) is 4.74 Å². The molecule has 0 aromatic carbocycles. The Labute approximate surface area is 106 Å². The summed E-state index contributed by atoms with van der Waals surface area (Å²) >= 11 is 0. The van der Waals surface area contributed by atoms with E-state index >= 15 is 0 Å². The van der Waals surface area contributed by atoms with Crippen LogP contribution in [0, 0.1) is 0 Å². The number of hydrogen-bond donors (Lipinski definition) is 1. The second-order valence-electron chi connectivity index (χ2n) is 4.36. The van der Waals surface area contributed by atoms with Gasteiger partial charge >= 0.3 is 6.03 Å². The van der Waals surface area contributed by atoms with E-state index in [1.807, 2.05) is 7.05 Å². The average molecular weight is 244 g/mol. The molecular weight excluding hydrogens is 216 g/mol. The second-order valence-corrected chi connectivity index (χ2v) is 4.36. The molecule has 0 aromatic heterocycles. The van der Waals surface area contributed by atoms with Gasteiger partial charge in [-0.2, -0.15) is 0 Å². The number of nitrogens with one attached hydrogen (secondary N) is 1. The normalized spacial score (nSPS) is 10.3. The van der Waals surface area contributed by atoms with Crippen molar-refractivity contribution in [1.29, 1.82) is 0 Å². The van der Waals surface area contributed by atoms with Crippen molar-refractivity contribution in [2.24, 2.45) is 0 Å². The fourth-order valence-corrected chi connectivity index (χ4v) is 1.58. The standard InChI is InChI=1S/C13H28N2O2/c1-4-5-8-11-17-12-9-6-7-10-15(3)13(16)14-2/h4-12H2,1-3H3,(H,14,16). The number of rotatable bonds is 10. The van der Waals surface area contributed by atoms with Crippen molar-refractivity contribution in [3.8, 4) is 0 Å². The van der Waals surface area contributed by atoms with Crippen molar-refractivity contribution >= 4 is 6.03 Å². The molecule has 0 aliphatic rings. The van der Waals surface area contributed by atoms with Crippen LogP contribution >= 0.6 is 0 Å². The van der Waals surface area contributed by atoms with Crippen LogP contribution in [-0.4, -0.2) is 44.8 Å². The van der Waals surface area contributed by atoms with E-state index in [-0.39, 0.29) is 6.03 Å². The molecule has 0 rings (SSSR count). The highest BCUT2D eigenvalue weighted by atomic mass is 16.5. The summed E-state index contributed by atoms with van der Waals surface area (Å²) in [5.74, 6) is 0. The summed E-state index contributed by atoms with van der Waals surface area (Å²) < 4.78 is 5.52. The van der Waals surface area contributed by atoms with Crippen molar-refractivity contribution in [2.45, 2.75) is 45.4 Å². The van der Waals surface area contributed by atoms with Crippen LogP contribution in [0.3, 0.4) is 0 Å². The van der Waals surface area contributed by atoms with Gasteiger partial charge in [-0.3, -0.25) is 0 Å². The molecule has 0 radical (unpaired) electrons. The first-order valence-electron chi connectivity index (χ1n) is 6.73. The number of carbonyl (C=O) groups is 1. The summed E-state index contributed by atoms with van der Waals surface area (Å²) in [5.41, 5.74) is 0. The first-order chi connectivity index (χ1) is 8.22. The number of ether oxygens (including phenoxy) is 1. The maximum absolute atomic E-state index is 11.2. The lowest BCUT2D eigenvalue weighted by Gasteiger charge is -2.15. The van der Waals surface area contributed by atoms with Gasteiger partial charge in [0.15, 0.2) is 0 Å². The second kappa shape index (κ2) is 11.7. The molecule has 0 atom stereocenters. The van der Waals surface area contributed by atoms with Crippen LogP contribution in [0.25, 0.3) is 0 Å². The predicted octanol–water partition coefficient (Wildman–Crippen LogP) is 2.63. The molecule has 0 saturated carbocycles. The third-order valence-corrected chi connectivity index (χ3v) is 2.73. The molecule has 102 valence electrons. The van der Waals surface area contributed by atoms with Crippen LogP contribution in [0.5, 0.6) is 0 Å². The topological polar surface area (TPSA) is 41.6 Å². The molecule has 4 nitrogen and oxygen atoms in total. The van der Waals surface area contributed by atoms with E-state index in [4.69, 9.17) is 4.74 Å². The summed E-state index contributed by atoms with van der Waals surface area (Å²) in [6, 6.07) is -0.0131. The van der Waals surface area contributed by atoms with Gasteiger partial charge in [0, 0.05) is 33.9 Å². The summed E-state index contributed by atoms with van der Waals surface area (Å²) in [4.78, 5) is 12.9. The zero-order valence-corrected chi connectivity index (χ0v) is 11.6. The molecule has 1 N–H and O–H groups in total.